The monoisotopic (exact) mass is 325 g/mol. The topological polar surface area (TPSA) is 122 Å². The number of carboxylic acids is 1. The second-order valence-electron chi connectivity index (χ2n) is 5.06. The lowest BCUT2D eigenvalue weighted by atomic mass is 10.00. The summed E-state index contributed by atoms with van der Waals surface area (Å²) in [6.07, 6.45) is 0. The van der Waals surface area contributed by atoms with Crippen molar-refractivity contribution >= 4 is 29.0 Å². The molecule has 1 atom stereocenters. The molecule has 1 heterocycles. The normalized spacial score (nSPS) is 16.4. The predicted molar refractivity (Wildman–Crippen MR) is 85.2 cm³/mol. The summed E-state index contributed by atoms with van der Waals surface area (Å²) in [4.78, 5) is 37.9. The van der Waals surface area contributed by atoms with Gasteiger partial charge in [-0.2, -0.15) is 0 Å². The summed E-state index contributed by atoms with van der Waals surface area (Å²) >= 11 is 0. The molecule has 24 heavy (non-hydrogen) atoms. The minimum Gasteiger partial charge on any atom is -0.479 e. The van der Waals surface area contributed by atoms with Crippen molar-refractivity contribution < 1.29 is 19.6 Å². The molecule has 0 spiro atoms. The first-order valence-electron chi connectivity index (χ1n) is 6.93. The highest BCUT2D eigenvalue weighted by Gasteiger charge is 2.31. The lowest BCUT2D eigenvalue weighted by molar-refractivity contribution is -0.384. The number of amides is 1. The van der Waals surface area contributed by atoms with Crippen LogP contribution in [0, 0.1) is 10.1 Å². The van der Waals surface area contributed by atoms with Gasteiger partial charge in [0.15, 0.2) is 0 Å². The van der Waals surface area contributed by atoms with Crippen molar-refractivity contribution in [2.24, 2.45) is 4.99 Å². The van der Waals surface area contributed by atoms with E-state index >= 15 is 0 Å². The van der Waals surface area contributed by atoms with E-state index in [1.54, 1.807) is 30.3 Å². The predicted octanol–water partition coefficient (Wildman–Crippen LogP) is 1.84. The van der Waals surface area contributed by atoms with Crippen LogP contribution in [0.3, 0.4) is 0 Å². The number of aliphatic carboxylic acids is 1. The number of rotatable bonds is 3. The van der Waals surface area contributed by atoms with Gasteiger partial charge < -0.3 is 10.4 Å². The first kappa shape index (κ1) is 15.3. The number of nitro groups is 1. The molecular weight excluding hydrogens is 314 g/mol. The lowest BCUT2D eigenvalue weighted by Crippen LogP contribution is -2.32. The Kier molecular flexibility index (Phi) is 3.78. The quantitative estimate of drug-likeness (QED) is 0.506. The number of nitrogens with zero attached hydrogens (tertiary/aromatic N) is 2. The Morgan fingerprint density at radius 3 is 2.54 bits per heavy atom. The number of hydrogen-bond acceptors (Lipinski definition) is 5. The first-order valence-corrected chi connectivity index (χ1v) is 6.93. The van der Waals surface area contributed by atoms with Crippen LogP contribution < -0.4 is 5.32 Å². The van der Waals surface area contributed by atoms with Gasteiger partial charge >= 0.3 is 5.97 Å². The van der Waals surface area contributed by atoms with E-state index in [0.717, 1.165) is 0 Å². The third-order valence-corrected chi connectivity index (χ3v) is 3.51. The van der Waals surface area contributed by atoms with Gasteiger partial charge in [0.2, 0.25) is 6.04 Å². The Bertz CT molecular complexity index is 877. The van der Waals surface area contributed by atoms with Gasteiger partial charge in [-0.1, -0.05) is 30.3 Å². The standard InChI is InChI=1S/C16H11N3O5/c20-15-14(16(21)22)18-13(9-4-2-1-3-5-9)11-8-10(19(23)24)6-7-12(11)17-15/h1-8,14H,(H,17,20)(H,21,22)/t14-/m0/s1. The molecule has 1 amide bonds. The number of fused-ring (bicyclic) bond motifs is 1. The van der Waals surface area contributed by atoms with E-state index < -0.39 is 22.8 Å². The number of benzodiazepines with no additional fused rings is 1. The first-order chi connectivity index (χ1) is 11.5. The van der Waals surface area contributed by atoms with E-state index in [4.69, 9.17) is 0 Å². The number of non-ortho nitro benzene ring substituents is 1. The van der Waals surface area contributed by atoms with Crippen molar-refractivity contribution in [1.82, 2.24) is 0 Å². The fraction of sp³-hybridized carbons (Fsp3) is 0.0625. The number of hydrogen-bond donors (Lipinski definition) is 2. The number of aliphatic imine (C=N–C) groups is 1. The summed E-state index contributed by atoms with van der Waals surface area (Å²) in [6.45, 7) is 0. The SMILES string of the molecule is O=C(O)[C@H]1N=C(c2ccccc2)c2cc([N+](=O)[O-])ccc2NC1=O. The van der Waals surface area contributed by atoms with Crippen molar-refractivity contribution in [3.05, 3.63) is 69.8 Å². The summed E-state index contributed by atoms with van der Waals surface area (Å²) in [5.74, 6) is -2.20. The van der Waals surface area contributed by atoms with Gasteiger partial charge in [0.1, 0.15) is 0 Å². The molecule has 0 saturated heterocycles. The molecule has 2 N–H and O–H groups in total. The smallest absolute Gasteiger partial charge is 0.338 e. The Morgan fingerprint density at radius 2 is 1.92 bits per heavy atom. The van der Waals surface area contributed by atoms with Crippen LogP contribution in [-0.4, -0.2) is 33.7 Å². The number of carboxylic acid groups (broad SMARTS) is 1. The van der Waals surface area contributed by atoms with Crippen LogP contribution in [0.1, 0.15) is 11.1 Å². The molecule has 0 aliphatic carbocycles. The minimum absolute atomic E-state index is 0.180. The van der Waals surface area contributed by atoms with Crippen LogP contribution in [0.15, 0.2) is 53.5 Å². The molecule has 8 nitrogen and oxygen atoms in total. The number of nitrogens with one attached hydrogen (secondary N) is 1. The maximum absolute atomic E-state index is 12.1. The van der Waals surface area contributed by atoms with Gasteiger partial charge in [-0.25, -0.2) is 4.79 Å². The van der Waals surface area contributed by atoms with Gasteiger partial charge in [-0.15, -0.1) is 0 Å². The number of nitro benzene ring substituents is 1. The zero-order valence-corrected chi connectivity index (χ0v) is 12.2. The molecule has 2 aromatic rings. The largest absolute Gasteiger partial charge is 0.479 e. The van der Waals surface area contributed by atoms with E-state index in [-0.39, 0.29) is 17.1 Å². The molecule has 0 unspecified atom stereocenters. The van der Waals surface area contributed by atoms with Crippen LogP contribution in [0.25, 0.3) is 0 Å². The van der Waals surface area contributed by atoms with Crippen LogP contribution in [-0.2, 0) is 9.59 Å². The molecule has 3 rings (SSSR count). The molecule has 1 aliphatic rings. The van der Waals surface area contributed by atoms with E-state index in [2.05, 4.69) is 10.3 Å². The van der Waals surface area contributed by atoms with Crippen LogP contribution in [0.5, 0.6) is 0 Å². The highest BCUT2D eigenvalue weighted by atomic mass is 16.6. The molecule has 8 heteroatoms. The Morgan fingerprint density at radius 1 is 1.21 bits per heavy atom. The van der Waals surface area contributed by atoms with E-state index in [0.29, 0.717) is 11.1 Å². The Labute approximate surface area is 135 Å². The maximum Gasteiger partial charge on any atom is 0.338 e. The maximum atomic E-state index is 12.1. The van der Waals surface area contributed by atoms with Crippen LogP contribution in [0.4, 0.5) is 11.4 Å². The molecule has 1 aliphatic heterocycles. The second kappa shape index (κ2) is 5.92. The molecule has 0 saturated carbocycles. The summed E-state index contributed by atoms with van der Waals surface area (Å²) in [5, 5.41) is 22.7. The highest BCUT2D eigenvalue weighted by Crippen LogP contribution is 2.28. The van der Waals surface area contributed by atoms with Crippen LogP contribution >= 0.6 is 0 Å². The van der Waals surface area contributed by atoms with E-state index in [9.17, 15) is 24.8 Å². The fourth-order valence-corrected chi connectivity index (χ4v) is 2.40. The average Bonchev–Trinajstić information content (AvgIpc) is 2.71. The third kappa shape index (κ3) is 2.72. The third-order valence-electron chi connectivity index (χ3n) is 3.51. The van der Waals surface area contributed by atoms with Crippen LogP contribution in [0.2, 0.25) is 0 Å². The summed E-state index contributed by atoms with van der Waals surface area (Å²) in [7, 11) is 0. The molecule has 0 aromatic heterocycles. The summed E-state index contributed by atoms with van der Waals surface area (Å²) in [6, 6.07) is 10.9. The molecule has 0 fully saturated rings. The number of carbonyl (C=O) groups is 2. The van der Waals surface area contributed by atoms with Gasteiger partial charge in [0.05, 0.1) is 16.3 Å². The molecule has 0 bridgehead atoms. The summed E-state index contributed by atoms with van der Waals surface area (Å²) < 4.78 is 0. The van der Waals surface area contributed by atoms with E-state index in [1.165, 1.54) is 18.2 Å². The van der Waals surface area contributed by atoms with E-state index in [1.807, 2.05) is 0 Å². The number of benzene rings is 2. The second-order valence-corrected chi connectivity index (χ2v) is 5.06. The highest BCUT2D eigenvalue weighted by molar-refractivity contribution is 6.22. The summed E-state index contributed by atoms with van der Waals surface area (Å²) in [5.41, 5.74) is 1.16. The molecule has 2 aromatic carbocycles. The van der Waals surface area contributed by atoms with Crippen molar-refractivity contribution in [2.75, 3.05) is 5.32 Å². The van der Waals surface area contributed by atoms with Crippen molar-refractivity contribution in [1.29, 1.82) is 0 Å². The van der Waals surface area contributed by atoms with Crippen molar-refractivity contribution in [3.63, 3.8) is 0 Å². The van der Waals surface area contributed by atoms with Gasteiger partial charge in [0, 0.05) is 23.3 Å². The van der Waals surface area contributed by atoms with Crippen molar-refractivity contribution in [2.45, 2.75) is 6.04 Å². The zero-order valence-electron chi connectivity index (χ0n) is 12.2. The zero-order chi connectivity index (χ0) is 17.3. The Balaban J connectivity index is 2.26. The van der Waals surface area contributed by atoms with Gasteiger partial charge in [-0.3, -0.25) is 19.9 Å². The minimum atomic E-state index is -1.63. The average molecular weight is 325 g/mol. The number of anilines is 1. The molecular formula is C16H11N3O5. The van der Waals surface area contributed by atoms with Gasteiger partial charge in [-0.05, 0) is 6.07 Å². The Hall–Kier alpha value is -3.55. The van der Waals surface area contributed by atoms with Gasteiger partial charge in [0.25, 0.3) is 11.6 Å². The lowest BCUT2D eigenvalue weighted by Gasteiger charge is -2.09. The number of carbonyl (C=O) groups excluding carboxylic acids is 1. The van der Waals surface area contributed by atoms with Crippen molar-refractivity contribution in [3.8, 4) is 0 Å². The fourth-order valence-electron chi connectivity index (χ4n) is 2.40. The molecule has 0 radical (unpaired) electrons. The molecule has 120 valence electrons.